The van der Waals surface area contributed by atoms with Crippen LogP contribution in [-0.2, 0) is 4.74 Å². The van der Waals surface area contributed by atoms with E-state index in [4.69, 9.17) is 4.74 Å². The molecule has 0 saturated heterocycles. The number of aromatic nitrogens is 1. The molecule has 0 saturated carbocycles. The Labute approximate surface area is 87.6 Å². The summed E-state index contributed by atoms with van der Waals surface area (Å²) in [7, 11) is 0. The zero-order chi connectivity index (χ0) is 11.5. The summed E-state index contributed by atoms with van der Waals surface area (Å²) in [6.07, 6.45) is 0.653. The molecule has 1 amide bonds. The summed E-state index contributed by atoms with van der Waals surface area (Å²) in [6, 6.07) is 4.79. The summed E-state index contributed by atoms with van der Waals surface area (Å²) in [5, 5.41) is 9.27. The molecule has 0 radical (unpaired) electrons. The van der Waals surface area contributed by atoms with Crippen LogP contribution in [0, 0.1) is 0 Å². The van der Waals surface area contributed by atoms with E-state index in [9.17, 15) is 10.0 Å². The van der Waals surface area contributed by atoms with E-state index in [-0.39, 0.29) is 5.49 Å². The average Bonchev–Trinajstić information content (AvgIpc) is 2.05. The van der Waals surface area contributed by atoms with Crippen molar-refractivity contribution in [2.75, 3.05) is 0 Å². The number of nitrogens with zero attached hydrogens (tertiary/aromatic N) is 2. The van der Waals surface area contributed by atoms with Gasteiger partial charge in [-0.15, -0.1) is 0 Å². The molecular weight excluding hydrogens is 196 g/mol. The van der Waals surface area contributed by atoms with Crippen molar-refractivity contribution in [1.29, 1.82) is 0 Å². The second-order valence-corrected chi connectivity index (χ2v) is 4.00. The van der Waals surface area contributed by atoms with Gasteiger partial charge in [0.2, 0.25) is 0 Å². The zero-order valence-corrected chi connectivity index (χ0v) is 8.97. The van der Waals surface area contributed by atoms with Crippen molar-refractivity contribution in [3.63, 3.8) is 0 Å². The quantitative estimate of drug-likeness (QED) is 0.661. The van der Waals surface area contributed by atoms with Gasteiger partial charge in [0.15, 0.2) is 5.49 Å². The van der Waals surface area contributed by atoms with Crippen molar-refractivity contribution >= 4 is 6.09 Å². The number of carbonyl (C=O) groups excluding carboxylic acids is 1. The van der Waals surface area contributed by atoms with E-state index in [1.165, 1.54) is 12.3 Å². The number of rotatable bonds is 0. The van der Waals surface area contributed by atoms with Crippen LogP contribution in [0.25, 0.3) is 0 Å². The zero-order valence-electron chi connectivity index (χ0n) is 8.97. The number of carbonyl (C=O) groups is 1. The molecule has 0 unspecified atom stereocenters. The first-order chi connectivity index (χ1) is 6.88. The molecule has 1 N–H and O–H groups in total. The predicted octanol–water partition coefficient (Wildman–Crippen LogP) is 1.56. The molecular formula is C10H14N2O3. The average molecular weight is 210 g/mol. The Morgan fingerprint density at radius 2 is 2.13 bits per heavy atom. The molecule has 15 heavy (non-hydrogen) atoms. The van der Waals surface area contributed by atoms with Crippen LogP contribution in [0.5, 0.6) is 0 Å². The van der Waals surface area contributed by atoms with Gasteiger partial charge in [0, 0.05) is 6.20 Å². The Kier molecular flexibility index (Phi) is 3.14. The Morgan fingerprint density at radius 1 is 1.47 bits per heavy atom. The second-order valence-electron chi connectivity index (χ2n) is 4.00. The molecule has 5 heteroatoms. The molecule has 1 aromatic heterocycles. The van der Waals surface area contributed by atoms with Crippen LogP contribution in [0.4, 0.5) is 4.79 Å². The lowest BCUT2D eigenvalue weighted by Crippen LogP contribution is -2.25. The van der Waals surface area contributed by atoms with Gasteiger partial charge in [-0.25, -0.2) is 4.79 Å². The molecule has 1 heterocycles. The Morgan fingerprint density at radius 3 is 2.67 bits per heavy atom. The largest absolute Gasteiger partial charge is 0.442 e. The lowest BCUT2D eigenvalue weighted by atomic mass is 10.2. The maximum Gasteiger partial charge on any atom is 0.436 e. The van der Waals surface area contributed by atoms with E-state index in [0.717, 1.165) is 4.73 Å². The topological polar surface area (TPSA) is 63.8 Å². The van der Waals surface area contributed by atoms with Crippen LogP contribution in [0.2, 0.25) is 0 Å². The summed E-state index contributed by atoms with van der Waals surface area (Å²) in [5.74, 6) is 0. The lowest BCUT2D eigenvalue weighted by Gasteiger charge is -2.17. The molecule has 0 aliphatic carbocycles. The third kappa shape index (κ3) is 3.84. The van der Waals surface area contributed by atoms with Crippen LogP contribution < -0.4 is 5.49 Å². The number of hydrogen-bond acceptors (Lipinski definition) is 3. The van der Waals surface area contributed by atoms with Crippen molar-refractivity contribution in [3.8, 4) is 0 Å². The minimum absolute atomic E-state index is 0.131. The van der Waals surface area contributed by atoms with E-state index in [2.05, 4.69) is 4.99 Å². The van der Waals surface area contributed by atoms with E-state index in [1.54, 1.807) is 32.9 Å². The first-order valence-corrected chi connectivity index (χ1v) is 4.53. The standard InChI is InChI=1S/C10H14N2O3/c1-10(2,3)15-9(13)11-8-6-4-5-7-12(8)14/h4-7,14H,1-3H3/b11-8-. The maximum atomic E-state index is 11.3. The molecule has 1 rings (SSSR count). The third-order valence-corrected chi connectivity index (χ3v) is 1.42. The Bertz CT molecular complexity index is 415. The first-order valence-electron chi connectivity index (χ1n) is 4.53. The lowest BCUT2D eigenvalue weighted by molar-refractivity contribution is 0.0587. The molecule has 0 aliphatic heterocycles. The molecule has 0 aromatic carbocycles. The molecule has 0 fully saturated rings. The van der Waals surface area contributed by atoms with Crippen molar-refractivity contribution in [2.24, 2.45) is 4.99 Å². The summed E-state index contributed by atoms with van der Waals surface area (Å²) >= 11 is 0. The molecule has 82 valence electrons. The summed E-state index contributed by atoms with van der Waals surface area (Å²) in [6.45, 7) is 5.25. The van der Waals surface area contributed by atoms with E-state index >= 15 is 0 Å². The van der Waals surface area contributed by atoms with Gasteiger partial charge >= 0.3 is 6.09 Å². The van der Waals surface area contributed by atoms with Gasteiger partial charge in [-0.05, 0) is 32.9 Å². The van der Waals surface area contributed by atoms with Gasteiger partial charge in [-0.1, -0.05) is 6.07 Å². The maximum absolute atomic E-state index is 11.3. The van der Waals surface area contributed by atoms with Gasteiger partial charge < -0.3 is 9.94 Å². The number of amides is 1. The predicted molar refractivity (Wildman–Crippen MR) is 53.4 cm³/mol. The molecule has 0 spiro atoms. The van der Waals surface area contributed by atoms with E-state index < -0.39 is 11.7 Å². The fourth-order valence-corrected chi connectivity index (χ4v) is 0.892. The molecule has 1 aromatic rings. The Hall–Kier alpha value is -1.78. The molecule has 0 bridgehead atoms. The number of ether oxygens (including phenoxy) is 1. The Balaban J connectivity index is 2.90. The second kappa shape index (κ2) is 4.16. The van der Waals surface area contributed by atoms with Crippen LogP contribution in [-0.4, -0.2) is 21.6 Å². The fourth-order valence-electron chi connectivity index (χ4n) is 0.892. The summed E-state index contributed by atoms with van der Waals surface area (Å²) in [5.41, 5.74) is -0.456. The highest BCUT2D eigenvalue weighted by atomic mass is 16.6. The monoisotopic (exact) mass is 210 g/mol. The van der Waals surface area contributed by atoms with Crippen LogP contribution in [0.1, 0.15) is 20.8 Å². The SMILES string of the molecule is CC(C)(C)OC(=O)/N=c1/ccccn1O. The highest BCUT2D eigenvalue weighted by molar-refractivity contribution is 5.68. The molecule has 0 atom stereocenters. The number of hydrogen-bond donors (Lipinski definition) is 1. The third-order valence-electron chi connectivity index (χ3n) is 1.42. The van der Waals surface area contributed by atoms with Crippen molar-refractivity contribution in [1.82, 2.24) is 4.73 Å². The first kappa shape index (κ1) is 11.3. The van der Waals surface area contributed by atoms with Crippen molar-refractivity contribution < 1.29 is 14.7 Å². The normalized spacial score (nSPS) is 12.6. The smallest absolute Gasteiger partial charge is 0.436 e. The van der Waals surface area contributed by atoms with Gasteiger partial charge in [-0.3, -0.25) is 0 Å². The van der Waals surface area contributed by atoms with Gasteiger partial charge in [0.25, 0.3) is 0 Å². The minimum atomic E-state index is -0.725. The summed E-state index contributed by atoms with van der Waals surface area (Å²) in [4.78, 5) is 14.9. The summed E-state index contributed by atoms with van der Waals surface area (Å²) < 4.78 is 5.72. The van der Waals surface area contributed by atoms with Crippen molar-refractivity contribution in [3.05, 3.63) is 29.9 Å². The van der Waals surface area contributed by atoms with Crippen LogP contribution in [0.3, 0.4) is 0 Å². The highest BCUT2D eigenvalue weighted by Gasteiger charge is 2.15. The molecule has 5 nitrogen and oxygen atoms in total. The van der Waals surface area contributed by atoms with Gasteiger partial charge in [0.1, 0.15) is 5.60 Å². The fraction of sp³-hybridized carbons (Fsp3) is 0.400. The number of pyridine rings is 1. The highest BCUT2D eigenvalue weighted by Crippen LogP contribution is 2.07. The van der Waals surface area contributed by atoms with Gasteiger partial charge in [0.05, 0.1) is 0 Å². The van der Waals surface area contributed by atoms with Crippen LogP contribution >= 0.6 is 0 Å². The van der Waals surface area contributed by atoms with Crippen LogP contribution in [0.15, 0.2) is 29.4 Å². The van der Waals surface area contributed by atoms with E-state index in [1.807, 2.05) is 0 Å². The van der Waals surface area contributed by atoms with E-state index in [0.29, 0.717) is 0 Å². The molecule has 0 aliphatic rings. The van der Waals surface area contributed by atoms with Gasteiger partial charge in [-0.2, -0.15) is 9.72 Å². The van der Waals surface area contributed by atoms with Crippen molar-refractivity contribution in [2.45, 2.75) is 26.4 Å². The minimum Gasteiger partial charge on any atom is -0.442 e.